The van der Waals surface area contributed by atoms with Crippen LogP contribution in [0.25, 0.3) is 0 Å². The van der Waals surface area contributed by atoms with Crippen LogP contribution in [0, 0.1) is 0 Å². The minimum Gasteiger partial charge on any atom is -0.468 e. The molecule has 0 spiro atoms. The first-order valence-electron chi connectivity index (χ1n) is 7.01. The number of rotatable bonds is 5. The van der Waals surface area contributed by atoms with Gasteiger partial charge in [-0.05, 0) is 23.6 Å². The predicted molar refractivity (Wildman–Crippen MR) is 87.7 cm³/mol. The van der Waals surface area contributed by atoms with Gasteiger partial charge < -0.3 is 14.5 Å². The monoisotopic (exact) mass is 342 g/mol. The summed E-state index contributed by atoms with van der Waals surface area (Å²) in [6.45, 7) is 3.66. The molecule has 2 aromatic rings. The Labute approximate surface area is 139 Å². The van der Waals surface area contributed by atoms with E-state index in [2.05, 4.69) is 10.2 Å². The Morgan fingerprint density at radius 3 is 2.77 bits per heavy atom. The molecule has 1 saturated heterocycles. The summed E-state index contributed by atoms with van der Waals surface area (Å²) >= 11 is 1.45. The van der Waals surface area contributed by atoms with E-state index in [1.165, 1.54) is 11.3 Å². The number of halogens is 1. The Hall–Kier alpha value is -1.34. The Bertz CT molecular complexity index is 553. The summed E-state index contributed by atoms with van der Waals surface area (Å²) in [5.41, 5.74) is 0. The van der Waals surface area contributed by atoms with Gasteiger partial charge in [-0.15, -0.1) is 23.7 Å². The molecule has 3 heterocycles. The number of morpholine rings is 1. The van der Waals surface area contributed by atoms with Crippen LogP contribution in [0.2, 0.25) is 0 Å². The molecule has 1 N–H and O–H groups in total. The van der Waals surface area contributed by atoms with Gasteiger partial charge in [0.25, 0.3) is 5.91 Å². The normalized spacial score (nSPS) is 16.7. The Balaban J connectivity index is 0.00000176. The first-order chi connectivity index (χ1) is 10.3. The van der Waals surface area contributed by atoms with Crippen LogP contribution in [0.15, 0.2) is 40.3 Å². The van der Waals surface area contributed by atoms with Crippen LogP contribution < -0.4 is 5.32 Å². The van der Waals surface area contributed by atoms with E-state index in [-0.39, 0.29) is 24.4 Å². The van der Waals surface area contributed by atoms with E-state index in [0.717, 1.165) is 36.9 Å². The summed E-state index contributed by atoms with van der Waals surface area (Å²) in [4.78, 5) is 15.1. The topological polar surface area (TPSA) is 54.7 Å². The van der Waals surface area contributed by atoms with Crippen molar-refractivity contribution in [1.82, 2.24) is 10.2 Å². The number of hydrogen-bond acceptors (Lipinski definition) is 5. The highest BCUT2D eigenvalue weighted by molar-refractivity contribution is 7.12. The summed E-state index contributed by atoms with van der Waals surface area (Å²) in [5.74, 6) is 0.846. The van der Waals surface area contributed by atoms with Crippen molar-refractivity contribution in [2.45, 2.75) is 6.04 Å². The van der Waals surface area contributed by atoms with Crippen LogP contribution in [0.4, 0.5) is 0 Å². The summed E-state index contributed by atoms with van der Waals surface area (Å²) in [5, 5.41) is 4.90. The highest BCUT2D eigenvalue weighted by Crippen LogP contribution is 2.22. The molecule has 0 bridgehead atoms. The van der Waals surface area contributed by atoms with Crippen LogP contribution in [0.3, 0.4) is 0 Å². The van der Waals surface area contributed by atoms with Gasteiger partial charge in [0.1, 0.15) is 5.76 Å². The van der Waals surface area contributed by atoms with Crippen LogP contribution >= 0.6 is 23.7 Å². The lowest BCUT2D eigenvalue weighted by molar-refractivity contribution is 0.0118. The molecule has 0 radical (unpaired) electrons. The van der Waals surface area contributed by atoms with Gasteiger partial charge in [0.05, 0.1) is 30.4 Å². The predicted octanol–water partition coefficient (Wildman–Crippen LogP) is 2.57. The molecule has 5 nitrogen and oxygen atoms in total. The van der Waals surface area contributed by atoms with Crippen molar-refractivity contribution in [3.63, 3.8) is 0 Å². The number of hydrogen-bond donors (Lipinski definition) is 1. The second-order valence-electron chi connectivity index (χ2n) is 4.87. The molecular formula is C15H19ClN2O3S. The summed E-state index contributed by atoms with van der Waals surface area (Å²) in [6.07, 6.45) is 1.67. The molecule has 0 aromatic carbocycles. The number of ether oxygens (including phenoxy) is 1. The molecule has 22 heavy (non-hydrogen) atoms. The molecule has 1 aliphatic heterocycles. The third kappa shape index (κ3) is 4.10. The van der Waals surface area contributed by atoms with E-state index in [1.807, 2.05) is 29.6 Å². The van der Waals surface area contributed by atoms with Crippen molar-refractivity contribution < 1.29 is 13.9 Å². The maximum absolute atomic E-state index is 12.1. The highest BCUT2D eigenvalue weighted by atomic mass is 35.5. The zero-order chi connectivity index (χ0) is 14.5. The number of amides is 1. The number of thiophene rings is 1. The lowest BCUT2D eigenvalue weighted by atomic mass is 10.1. The minimum atomic E-state index is -0.0326. The van der Waals surface area contributed by atoms with Crippen molar-refractivity contribution in [2.75, 3.05) is 32.8 Å². The molecule has 1 fully saturated rings. The van der Waals surface area contributed by atoms with Crippen molar-refractivity contribution >= 4 is 29.7 Å². The van der Waals surface area contributed by atoms with E-state index >= 15 is 0 Å². The fourth-order valence-corrected chi connectivity index (χ4v) is 3.10. The first-order valence-corrected chi connectivity index (χ1v) is 7.89. The zero-order valence-electron chi connectivity index (χ0n) is 12.1. The molecule has 0 aliphatic carbocycles. The van der Waals surface area contributed by atoms with Gasteiger partial charge in [0.15, 0.2) is 0 Å². The van der Waals surface area contributed by atoms with E-state index in [9.17, 15) is 4.79 Å². The fourth-order valence-electron chi connectivity index (χ4n) is 2.46. The summed E-state index contributed by atoms with van der Waals surface area (Å²) in [6, 6.07) is 7.59. The molecule has 2 aromatic heterocycles. The molecule has 1 amide bonds. The van der Waals surface area contributed by atoms with Crippen molar-refractivity contribution in [3.8, 4) is 0 Å². The summed E-state index contributed by atoms with van der Waals surface area (Å²) in [7, 11) is 0. The van der Waals surface area contributed by atoms with Crippen LogP contribution in [0.1, 0.15) is 21.5 Å². The van der Waals surface area contributed by atoms with E-state index in [4.69, 9.17) is 9.15 Å². The van der Waals surface area contributed by atoms with Crippen LogP contribution in [0.5, 0.6) is 0 Å². The first kappa shape index (κ1) is 17.0. The SMILES string of the molecule is Cl.O=C(NCC(c1ccco1)N1CCOCC1)c1cccs1. The smallest absolute Gasteiger partial charge is 0.261 e. The molecular weight excluding hydrogens is 324 g/mol. The third-order valence-corrected chi connectivity index (χ3v) is 4.43. The van der Waals surface area contributed by atoms with Gasteiger partial charge in [0, 0.05) is 19.6 Å². The van der Waals surface area contributed by atoms with Crippen molar-refractivity contribution in [1.29, 1.82) is 0 Å². The third-order valence-electron chi connectivity index (χ3n) is 3.56. The molecule has 1 atom stereocenters. The number of furan rings is 1. The zero-order valence-corrected chi connectivity index (χ0v) is 13.7. The van der Waals surface area contributed by atoms with Crippen molar-refractivity contribution in [3.05, 3.63) is 46.5 Å². The highest BCUT2D eigenvalue weighted by Gasteiger charge is 2.25. The van der Waals surface area contributed by atoms with E-state index in [0.29, 0.717) is 6.54 Å². The molecule has 0 saturated carbocycles. The largest absolute Gasteiger partial charge is 0.468 e. The molecule has 1 unspecified atom stereocenters. The van der Waals surface area contributed by atoms with Crippen molar-refractivity contribution in [2.24, 2.45) is 0 Å². The van der Waals surface area contributed by atoms with Gasteiger partial charge in [-0.3, -0.25) is 9.69 Å². The average Bonchev–Trinajstić information content (AvgIpc) is 3.22. The molecule has 120 valence electrons. The fraction of sp³-hybridized carbons (Fsp3) is 0.400. The minimum absolute atomic E-state index is 0. The Kier molecular flexibility index (Phi) is 6.45. The van der Waals surface area contributed by atoms with Gasteiger partial charge >= 0.3 is 0 Å². The number of carbonyl (C=O) groups excluding carboxylic acids is 1. The van der Waals surface area contributed by atoms with E-state index in [1.54, 1.807) is 6.26 Å². The Morgan fingerprint density at radius 2 is 2.14 bits per heavy atom. The Morgan fingerprint density at radius 1 is 1.32 bits per heavy atom. The standard InChI is InChI=1S/C15H18N2O3S.ClH/c18-15(14-4-2-10-21-14)16-11-12(13-3-1-7-20-13)17-5-8-19-9-6-17;/h1-4,7,10,12H,5-6,8-9,11H2,(H,16,18);1H. The molecule has 1 aliphatic rings. The lowest BCUT2D eigenvalue weighted by Gasteiger charge is -2.33. The number of nitrogens with one attached hydrogen (secondary N) is 1. The van der Waals surface area contributed by atoms with Crippen LogP contribution in [-0.4, -0.2) is 43.7 Å². The van der Waals surface area contributed by atoms with Gasteiger partial charge in [-0.2, -0.15) is 0 Å². The number of carbonyl (C=O) groups is 1. The second kappa shape index (κ2) is 8.33. The molecule has 7 heteroatoms. The molecule has 3 rings (SSSR count). The van der Waals surface area contributed by atoms with Crippen LogP contribution in [-0.2, 0) is 4.74 Å². The van der Waals surface area contributed by atoms with Gasteiger partial charge in [-0.25, -0.2) is 0 Å². The quantitative estimate of drug-likeness (QED) is 0.907. The van der Waals surface area contributed by atoms with Gasteiger partial charge in [-0.1, -0.05) is 6.07 Å². The maximum atomic E-state index is 12.1. The van der Waals surface area contributed by atoms with E-state index < -0.39 is 0 Å². The second-order valence-corrected chi connectivity index (χ2v) is 5.81. The average molecular weight is 343 g/mol. The van der Waals surface area contributed by atoms with Gasteiger partial charge in [0.2, 0.25) is 0 Å². The maximum Gasteiger partial charge on any atom is 0.261 e. The summed E-state index contributed by atoms with van der Waals surface area (Å²) < 4.78 is 10.9. The lowest BCUT2D eigenvalue weighted by Crippen LogP contribution is -2.43. The number of nitrogens with zero attached hydrogens (tertiary/aromatic N) is 1.